The molecule has 0 atom stereocenters. The van der Waals surface area contributed by atoms with Gasteiger partial charge in [0.05, 0.1) is 15.6 Å². The van der Waals surface area contributed by atoms with Crippen molar-refractivity contribution in [3.05, 3.63) is 33.6 Å². The van der Waals surface area contributed by atoms with E-state index in [1.165, 1.54) is 6.07 Å². The van der Waals surface area contributed by atoms with Crippen LogP contribution in [0.3, 0.4) is 0 Å². The monoisotopic (exact) mass is 241 g/mol. The maximum absolute atomic E-state index is 13.0. The number of nitrogens with zero attached hydrogens (tertiary/aromatic N) is 1. The molecule has 0 aliphatic heterocycles. The Balaban J connectivity index is 3.32. The quantitative estimate of drug-likeness (QED) is 0.348. The Kier molecular flexibility index (Phi) is 3.36. The second-order valence-corrected chi connectivity index (χ2v) is 3.31. The molecule has 0 saturated carbocycles. The van der Waals surface area contributed by atoms with E-state index < -0.39 is 5.82 Å². The summed E-state index contributed by atoms with van der Waals surface area (Å²) in [5.74, 6) is -0.697. The second-order valence-electron chi connectivity index (χ2n) is 2.14. The van der Waals surface area contributed by atoms with Gasteiger partial charge in [-0.05, 0) is 12.1 Å². The molecule has 0 saturated heterocycles. The highest BCUT2D eigenvalue weighted by Crippen LogP contribution is 2.26. The van der Waals surface area contributed by atoms with E-state index in [0.29, 0.717) is 0 Å². The van der Waals surface area contributed by atoms with Crippen molar-refractivity contribution in [3.8, 4) is 0 Å². The minimum Gasteiger partial charge on any atom is -0.410 e. The summed E-state index contributed by atoms with van der Waals surface area (Å²) in [7, 11) is 0. The van der Waals surface area contributed by atoms with Crippen molar-refractivity contribution in [1.82, 2.24) is 0 Å². The highest BCUT2D eigenvalue weighted by Gasteiger charge is 2.11. The topological polar surface area (TPSA) is 32.6 Å². The molecule has 0 fully saturated rings. The molecule has 0 spiro atoms. The van der Waals surface area contributed by atoms with Crippen molar-refractivity contribution < 1.29 is 9.60 Å². The molecule has 0 unspecified atom stereocenters. The molecule has 0 aliphatic rings. The third-order valence-corrected chi connectivity index (χ3v) is 2.32. The SMILES string of the molecule is ON=C(Cl)c1cc(Cl)c(Cl)cc1F. The van der Waals surface area contributed by atoms with Crippen molar-refractivity contribution in [3.63, 3.8) is 0 Å². The van der Waals surface area contributed by atoms with E-state index in [2.05, 4.69) is 5.16 Å². The summed E-state index contributed by atoms with van der Waals surface area (Å²) in [6.07, 6.45) is 0. The van der Waals surface area contributed by atoms with Gasteiger partial charge in [0.1, 0.15) is 5.82 Å². The average Bonchev–Trinajstić information content (AvgIpc) is 2.10. The zero-order valence-corrected chi connectivity index (χ0v) is 8.33. The van der Waals surface area contributed by atoms with Crippen molar-refractivity contribution in [2.45, 2.75) is 0 Å². The molecule has 0 aromatic heterocycles. The fraction of sp³-hybridized carbons (Fsp3) is 0. The third-order valence-electron chi connectivity index (χ3n) is 1.32. The highest BCUT2D eigenvalue weighted by molar-refractivity contribution is 6.69. The van der Waals surface area contributed by atoms with Crippen LogP contribution in [0.15, 0.2) is 17.3 Å². The van der Waals surface area contributed by atoms with Crippen molar-refractivity contribution in [2.24, 2.45) is 5.16 Å². The van der Waals surface area contributed by atoms with Crippen molar-refractivity contribution in [2.75, 3.05) is 0 Å². The molecule has 0 aliphatic carbocycles. The summed E-state index contributed by atoms with van der Waals surface area (Å²) in [6.45, 7) is 0. The van der Waals surface area contributed by atoms with Crippen LogP contribution in [0, 0.1) is 5.82 Å². The largest absolute Gasteiger partial charge is 0.410 e. The van der Waals surface area contributed by atoms with Gasteiger partial charge in [-0.1, -0.05) is 40.0 Å². The minimum atomic E-state index is -0.697. The van der Waals surface area contributed by atoms with E-state index >= 15 is 0 Å². The molecule has 13 heavy (non-hydrogen) atoms. The first-order valence-electron chi connectivity index (χ1n) is 3.08. The maximum atomic E-state index is 13.0. The van der Waals surface area contributed by atoms with Crippen molar-refractivity contribution >= 4 is 40.0 Å². The van der Waals surface area contributed by atoms with Crippen LogP contribution in [0.4, 0.5) is 4.39 Å². The number of halogens is 4. The van der Waals surface area contributed by atoms with Gasteiger partial charge in [0.25, 0.3) is 0 Å². The van der Waals surface area contributed by atoms with Crippen LogP contribution >= 0.6 is 34.8 Å². The predicted molar refractivity (Wildman–Crippen MR) is 50.6 cm³/mol. The first-order valence-corrected chi connectivity index (χ1v) is 4.22. The predicted octanol–water partition coefficient (Wildman–Crippen LogP) is 3.51. The molecular weight excluding hydrogens is 239 g/mol. The summed E-state index contributed by atoms with van der Waals surface area (Å²) in [6, 6.07) is 2.17. The summed E-state index contributed by atoms with van der Waals surface area (Å²) >= 11 is 16.5. The summed E-state index contributed by atoms with van der Waals surface area (Å²) in [4.78, 5) is 0. The van der Waals surface area contributed by atoms with Crippen LogP contribution in [0.5, 0.6) is 0 Å². The maximum Gasteiger partial charge on any atom is 0.178 e. The van der Waals surface area contributed by atoms with Crippen molar-refractivity contribution in [1.29, 1.82) is 0 Å². The molecular formula is C7H3Cl3FNO. The minimum absolute atomic E-state index is 0.0744. The lowest BCUT2D eigenvalue weighted by Crippen LogP contribution is -1.96. The lowest BCUT2D eigenvalue weighted by molar-refractivity contribution is 0.320. The van der Waals surface area contributed by atoms with E-state index in [0.717, 1.165) is 6.07 Å². The standard InChI is InChI=1S/C7H3Cl3FNO/c8-4-1-3(7(10)12-13)6(11)2-5(4)9/h1-2,13H. The highest BCUT2D eigenvalue weighted by atomic mass is 35.5. The molecule has 2 nitrogen and oxygen atoms in total. The van der Waals surface area contributed by atoms with Crippen LogP contribution < -0.4 is 0 Å². The van der Waals surface area contributed by atoms with Gasteiger partial charge in [0.2, 0.25) is 0 Å². The Morgan fingerprint density at radius 2 is 1.85 bits per heavy atom. The van der Waals surface area contributed by atoms with Crippen LogP contribution in [-0.4, -0.2) is 10.4 Å². The lowest BCUT2D eigenvalue weighted by atomic mass is 10.2. The number of hydrogen-bond donors (Lipinski definition) is 1. The number of oxime groups is 1. The van der Waals surface area contributed by atoms with Gasteiger partial charge in [-0.2, -0.15) is 0 Å². The first kappa shape index (κ1) is 10.6. The molecule has 0 amide bonds. The Labute approximate surface area is 88.5 Å². The fourth-order valence-electron chi connectivity index (χ4n) is 0.735. The van der Waals surface area contributed by atoms with Crippen LogP contribution in [-0.2, 0) is 0 Å². The number of benzene rings is 1. The van der Waals surface area contributed by atoms with E-state index in [-0.39, 0.29) is 20.8 Å². The lowest BCUT2D eigenvalue weighted by Gasteiger charge is -2.01. The van der Waals surface area contributed by atoms with E-state index in [1.54, 1.807) is 0 Å². The van der Waals surface area contributed by atoms with Gasteiger partial charge < -0.3 is 5.21 Å². The molecule has 1 aromatic carbocycles. The molecule has 0 radical (unpaired) electrons. The third kappa shape index (κ3) is 2.24. The molecule has 0 bridgehead atoms. The van der Waals surface area contributed by atoms with Gasteiger partial charge in [0, 0.05) is 0 Å². The zero-order valence-electron chi connectivity index (χ0n) is 6.06. The Morgan fingerprint density at radius 3 is 2.38 bits per heavy atom. The Morgan fingerprint density at radius 1 is 1.31 bits per heavy atom. The van der Waals surface area contributed by atoms with E-state index in [9.17, 15) is 4.39 Å². The summed E-state index contributed by atoms with van der Waals surface area (Å²) < 4.78 is 13.0. The van der Waals surface area contributed by atoms with Crippen LogP contribution in [0.1, 0.15) is 5.56 Å². The molecule has 1 N–H and O–H groups in total. The second kappa shape index (κ2) is 4.13. The molecule has 1 aromatic rings. The molecule has 70 valence electrons. The summed E-state index contributed by atoms with van der Waals surface area (Å²) in [5, 5.41) is 10.8. The smallest absolute Gasteiger partial charge is 0.178 e. The molecule has 1 rings (SSSR count). The molecule has 0 heterocycles. The fourth-order valence-corrected chi connectivity index (χ4v) is 1.19. The average molecular weight is 242 g/mol. The normalized spacial score (nSPS) is 11.8. The molecule has 6 heteroatoms. The Hall–Kier alpha value is -0.510. The number of rotatable bonds is 1. The first-order chi connectivity index (χ1) is 6.06. The van der Waals surface area contributed by atoms with Gasteiger partial charge in [-0.25, -0.2) is 4.39 Å². The van der Waals surface area contributed by atoms with Gasteiger partial charge >= 0.3 is 0 Å². The Bertz CT molecular complexity index is 367. The van der Waals surface area contributed by atoms with E-state index in [1.807, 2.05) is 0 Å². The van der Waals surface area contributed by atoms with Gasteiger partial charge in [-0.3, -0.25) is 0 Å². The van der Waals surface area contributed by atoms with Crippen LogP contribution in [0.2, 0.25) is 10.0 Å². The van der Waals surface area contributed by atoms with Crippen LogP contribution in [0.25, 0.3) is 0 Å². The van der Waals surface area contributed by atoms with Gasteiger partial charge in [0.15, 0.2) is 5.17 Å². The summed E-state index contributed by atoms with van der Waals surface area (Å²) in [5.41, 5.74) is -0.0985. The zero-order chi connectivity index (χ0) is 10.0. The van der Waals surface area contributed by atoms with E-state index in [4.69, 9.17) is 40.0 Å². The number of hydrogen-bond acceptors (Lipinski definition) is 2. The van der Waals surface area contributed by atoms with Gasteiger partial charge in [-0.15, -0.1) is 0 Å².